The van der Waals surface area contributed by atoms with Gasteiger partial charge in [-0.25, -0.2) is 0 Å². The van der Waals surface area contributed by atoms with Crippen LogP contribution in [0.5, 0.6) is 0 Å². The van der Waals surface area contributed by atoms with Crippen LogP contribution in [0.1, 0.15) is 36.1 Å². The lowest BCUT2D eigenvalue weighted by molar-refractivity contribution is -0.386. The van der Waals surface area contributed by atoms with E-state index < -0.39 is 0 Å². The van der Waals surface area contributed by atoms with E-state index in [4.69, 9.17) is 0 Å². The van der Waals surface area contributed by atoms with E-state index in [1.165, 1.54) is 6.20 Å². The fraction of sp³-hybridized carbons (Fsp3) is 0.538. The molecule has 1 atom stereocenters. The summed E-state index contributed by atoms with van der Waals surface area (Å²) in [6.45, 7) is 3.40. The summed E-state index contributed by atoms with van der Waals surface area (Å²) in [6, 6.07) is 0. The van der Waals surface area contributed by atoms with Gasteiger partial charge in [0.05, 0.1) is 10.6 Å². The van der Waals surface area contributed by atoms with Crippen LogP contribution in [0.2, 0.25) is 0 Å². The van der Waals surface area contributed by atoms with Crippen LogP contribution in [0, 0.1) is 29.9 Å². The van der Waals surface area contributed by atoms with Crippen LogP contribution >= 0.6 is 0 Å². The van der Waals surface area contributed by atoms with E-state index >= 15 is 0 Å². The normalized spacial score (nSPS) is 19.2. The van der Waals surface area contributed by atoms with Crippen molar-refractivity contribution < 1.29 is 9.72 Å². The number of aromatic nitrogens is 1. The van der Waals surface area contributed by atoms with Crippen LogP contribution in [0.25, 0.3) is 0 Å². The van der Waals surface area contributed by atoms with Crippen molar-refractivity contribution in [1.82, 2.24) is 4.98 Å². The molecule has 5 heteroatoms. The molecule has 2 rings (SSSR count). The summed E-state index contributed by atoms with van der Waals surface area (Å²) in [7, 11) is 0. The van der Waals surface area contributed by atoms with Crippen molar-refractivity contribution >= 4 is 11.5 Å². The first-order valence-electron chi connectivity index (χ1n) is 6.13. The van der Waals surface area contributed by atoms with E-state index in [1.807, 2.05) is 0 Å². The van der Waals surface area contributed by atoms with E-state index in [0.717, 1.165) is 12.8 Å². The van der Waals surface area contributed by atoms with Crippen LogP contribution in [0.15, 0.2) is 6.20 Å². The summed E-state index contributed by atoms with van der Waals surface area (Å²) in [5.41, 5.74) is 1.98. The Morgan fingerprint density at radius 1 is 1.50 bits per heavy atom. The summed E-state index contributed by atoms with van der Waals surface area (Å²) in [5, 5.41) is 11.0. The second kappa shape index (κ2) is 4.84. The predicted molar refractivity (Wildman–Crippen MR) is 66.4 cm³/mol. The van der Waals surface area contributed by atoms with Gasteiger partial charge in [0.25, 0.3) is 5.69 Å². The molecule has 5 nitrogen and oxygen atoms in total. The van der Waals surface area contributed by atoms with E-state index in [0.29, 0.717) is 29.7 Å². The Morgan fingerprint density at radius 2 is 2.22 bits per heavy atom. The first kappa shape index (κ1) is 12.7. The van der Waals surface area contributed by atoms with Gasteiger partial charge >= 0.3 is 0 Å². The molecule has 1 aliphatic rings. The Balaban J connectivity index is 2.31. The molecular weight excluding hydrogens is 232 g/mol. The minimum Gasteiger partial charge on any atom is -0.299 e. The largest absolute Gasteiger partial charge is 0.299 e. The molecule has 0 spiro atoms. The third kappa shape index (κ3) is 2.25. The number of pyridine rings is 1. The second-order valence-corrected chi connectivity index (χ2v) is 4.88. The van der Waals surface area contributed by atoms with Gasteiger partial charge in [-0.3, -0.25) is 19.9 Å². The van der Waals surface area contributed by atoms with Gasteiger partial charge in [-0.1, -0.05) is 0 Å². The maximum Gasteiger partial charge on any atom is 0.278 e. The number of nitrogens with zero attached hydrogens (tertiary/aromatic N) is 2. The lowest BCUT2D eigenvalue weighted by Crippen LogP contribution is -2.12. The molecule has 1 aromatic rings. The molecule has 1 fully saturated rings. The van der Waals surface area contributed by atoms with E-state index in [1.54, 1.807) is 13.8 Å². The lowest BCUT2D eigenvalue weighted by atomic mass is 9.97. The van der Waals surface area contributed by atoms with Gasteiger partial charge in [-0.15, -0.1) is 0 Å². The molecule has 96 valence electrons. The number of aryl methyl sites for hydroxylation is 1. The topological polar surface area (TPSA) is 73.1 Å². The van der Waals surface area contributed by atoms with E-state index in [2.05, 4.69) is 4.98 Å². The molecule has 1 saturated carbocycles. The van der Waals surface area contributed by atoms with Gasteiger partial charge < -0.3 is 0 Å². The molecule has 0 N–H and O–H groups in total. The Bertz CT molecular complexity index is 511. The van der Waals surface area contributed by atoms with Crippen LogP contribution in [0.3, 0.4) is 0 Å². The van der Waals surface area contributed by atoms with Crippen LogP contribution in [-0.2, 0) is 11.2 Å². The molecule has 1 unspecified atom stereocenters. The molecule has 0 aromatic carbocycles. The highest BCUT2D eigenvalue weighted by molar-refractivity contribution is 5.83. The van der Waals surface area contributed by atoms with Gasteiger partial charge in [0.1, 0.15) is 5.78 Å². The number of nitro groups is 1. The summed E-state index contributed by atoms with van der Waals surface area (Å²) in [6.07, 6.45) is 4.50. The number of carbonyl (C=O) groups excluding carboxylic acids is 1. The zero-order chi connectivity index (χ0) is 13.3. The van der Waals surface area contributed by atoms with E-state index in [9.17, 15) is 14.9 Å². The fourth-order valence-corrected chi connectivity index (χ4v) is 2.59. The Morgan fingerprint density at radius 3 is 2.78 bits per heavy atom. The zero-order valence-electron chi connectivity index (χ0n) is 10.6. The molecule has 0 radical (unpaired) electrons. The van der Waals surface area contributed by atoms with Crippen molar-refractivity contribution in [2.45, 2.75) is 39.5 Å². The lowest BCUT2D eigenvalue weighted by Gasteiger charge is -2.10. The monoisotopic (exact) mass is 248 g/mol. The molecule has 18 heavy (non-hydrogen) atoms. The fourth-order valence-electron chi connectivity index (χ4n) is 2.59. The maximum atomic E-state index is 11.6. The second-order valence-electron chi connectivity index (χ2n) is 4.88. The van der Waals surface area contributed by atoms with Crippen molar-refractivity contribution in [2.75, 3.05) is 0 Å². The molecule has 1 aliphatic carbocycles. The maximum absolute atomic E-state index is 11.6. The number of hydrogen-bond acceptors (Lipinski definition) is 4. The standard InChI is InChI=1S/C13H16N2O3/c1-8-7-14-11(9(2)13(8)15(17)18)6-10-4-3-5-12(10)16/h7,10H,3-6H2,1-2H3. The Kier molecular flexibility index (Phi) is 3.41. The molecule has 0 saturated heterocycles. The SMILES string of the molecule is Cc1cnc(CC2CCCC2=O)c(C)c1[N+](=O)[O-]. The van der Waals surface area contributed by atoms with Crippen molar-refractivity contribution in [3.8, 4) is 0 Å². The van der Waals surface area contributed by atoms with Crippen molar-refractivity contribution in [1.29, 1.82) is 0 Å². The molecule has 1 heterocycles. The molecule has 0 aliphatic heterocycles. The van der Waals surface area contributed by atoms with Crippen LogP contribution in [0.4, 0.5) is 5.69 Å². The Hall–Kier alpha value is -1.78. The zero-order valence-corrected chi connectivity index (χ0v) is 10.6. The minimum absolute atomic E-state index is 0.00138. The first-order valence-corrected chi connectivity index (χ1v) is 6.13. The highest BCUT2D eigenvalue weighted by Crippen LogP contribution is 2.29. The number of hydrogen-bond donors (Lipinski definition) is 0. The average Bonchev–Trinajstić information content (AvgIpc) is 2.68. The molecular formula is C13H16N2O3. The number of ketones is 1. The summed E-state index contributed by atoms with van der Waals surface area (Å²) in [5.74, 6) is 0.262. The average molecular weight is 248 g/mol. The van der Waals surface area contributed by atoms with Crippen LogP contribution < -0.4 is 0 Å². The van der Waals surface area contributed by atoms with Crippen molar-refractivity contribution in [3.05, 3.63) is 33.1 Å². The highest BCUT2D eigenvalue weighted by Gasteiger charge is 2.27. The summed E-state index contributed by atoms with van der Waals surface area (Å²) >= 11 is 0. The third-order valence-corrected chi connectivity index (χ3v) is 3.63. The number of Topliss-reactive ketones (excluding diaryl/α,β-unsaturated/α-hetero) is 1. The summed E-state index contributed by atoms with van der Waals surface area (Å²) < 4.78 is 0. The quantitative estimate of drug-likeness (QED) is 0.608. The minimum atomic E-state index is -0.369. The number of carbonyl (C=O) groups is 1. The van der Waals surface area contributed by atoms with Crippen molar-refractivity contribution in [2.24, 2.45) is 5.92 Å². The first-order chi connectivity index (χ1) is 8.50. The smallest absolute Gasteiger partial charge is 0.278 e. The van der Waals surface area contributed by atoms with Gasteiger partial charge in [0, 0.05) is 29.7 Å². The Labute approximate surface area is 105 Å². The molecule has 0 bridgehead atoms. The number of rotatable bonds is 3. The van der Waals surface area contributed by atoms with Gasteiger partial charge in [-0.2, -0.15) is 0 Å². The third-order valence-electron chi connectivity index (χ3n) is 3.63. The molecule has 1 aromatic heterocycles. The van der Waals surface area contributed by atoms with E-state index in [-0.39, 0.29) is 22.3 Å². The van der Waals surface area contributed by atoms with Gasteiger partial charge in [-0.05, 0) is 33.1 Å². The summed E-state index contributed by atoms with van der Waals surface area (Å²) in [4.78, 5) is 26.5. The highest BCUT2D eigenvalue weighted by atomic mass is 16.6. The predicted octanol–water partition coefficient (Wildman–Crippen LogP) is 2.52. The molecule has 0 amide bonds. The van der Waals surface area contributed by atoms with Gasteiger partial charge in [0.2, 0.25) is 0 Å². The van der Waals surface area contributed by atoms with Gasteiger partial charge in [0.15, 0.2) is 0 Å². The van der Waals surface area contributed by atoms with Crippen molar-refractivity contribution in [3.63, 3.8) is 0 Å². The van der Waals surface area contributed by atoms with Crippen LogP contribution in [-0.4, -0.2) is 15.7 Å².